The topological polar surface area (TPSA) is 17.1 Å². The van der Waals surface area contributed by atoms with Crippen molar-refractivity contribution in [2.45, 2.75) is 10.8 Å². The van der Waals surface area contributed by atoms with Crippen molar-refractivity contribution in [3.8, 4) is 0 Å². The Morgan fingerprint density at radius 2 is 1.86 bits per heavy atom. The molecule has 14 heavy (non-hydrogen) atoms. The Morgan fingerprint density at radius 1 is 1.07 bits per heavy atom. The van der Waals surface area contributed by atoms with Gasteiger partial charge in [0.05, 0.1) is 0 Å². The monoisotopic (exact) mass is 228 g/mol. The molecule has 0 radical (unpaired) electrons. The van der Waals surface area contributed by atoms with Crippen LogP contribution >= 0.6 is 23.2 Å². The second-order valence-corrected chi connectivity index (χ2v) is 7.34. The zero-order valence-electron chi connectivity index (χ0n) is 7.49. The fourth-order valence-electron chi connectivity index (χ4n) is 6.07. The molecule has 0 saturated heterocycles. The summed E-state index contributed by atoms with van der Waals surface area (Å²) in [5.41, 5.74) is 0. The van der Waals surface area contributed by atoms with Crippen LogP contribution in [0, 0.1) is 47.3 Å². The molecule has 5 saturated carbocycles. The number of halogens is 2. The highest BCUT2D eigenvalue weighted by atomic mass is 35.5. The third-order valence-electron chi connectivity index (χ3n) is 6.05. The van der Waals surface area contributed by atoms with Gasteiger partial charge in [0, 0.05) is 23.7 Å². The first kappa shape index (κ1) is 7.51. The van der Waals surface area contributed by atoms with E-state index in [-0.39, 0.29) is 11.8 Å². The standard InChI is InChI=1S/C11H10Cl2O/c12-11(13)8-3-1-2-4-5(3)9(11)7(4)10(14)6(2)8/h2-9H,1H2/t2-,3?,4-,5?,6+,7-,8-,9+/m1/s1. The molecule has 0 aromatic heterocycles. The van der Waals surface area contributed by atoms with Crippen LogP contribution < -0.4 is 0 Å². The van der Waals surface area contributed by atoms with Gasteiger partial charge in [0.25, 0.3) is 0 Å². The molecule has 0 amide bonds. The van der Waals surface area contributed by atoms with E-state index in [1.807, 2.05) is 0 Å². The number of rotatable bonds is 0. The molecule has 5 fully saturated rings. The van der Waals surface area contributed by atoms with Crippen LogP contribution in [0.1, 0.15) is 6.42 Å². The maximum Gasteiger partial charge on any atom is 0.140 e. The summed E-state index contributed by atoms with van der Waals surface area (Å²) in [5, 5.41) is 0. The Hall–Kier alpha value is 0.250. The van der Waals surface area contributed by atoms with Gasteiger partial charge >= 0.3 is 0 Å². The average molecular weight is 229 g/mol. The molecule has 3 heteroatoms. The summed E-state index contributed by atoms with van der Waals surface area (Å²) < 4.78 is -0.541. The van der Waals surface area contributed by atoms with Gasteiger partial charge in [-0.2, -0.15) is 0 Å². The van der Waals surface area contributed by atoms with Gasteiger partial charge in [-0.15, -0.1) is 23.2 Å². The van der Waals surface area contributed by atoms with Gasteiger partial charge in [-0.3, -0.25) is 4.79 Å². The second-order valence-electron chi connectivity index (χ2n) is 5.90. The summed E-state index contributed by atoms with van der Waals surface area (Å²) in [5.74, 6) is 4.55. The number of alkyl halides is 2. The third-order valence-corrected chi connectivity index (χ3v) is 7.06. The Labute approximate surface area is 92.1 Å². The molecule has 0 aromatic carbocycles. The summed E-state index contributed by atoms with van der Waals surface area (Å²) in [6.07, 6.45) is 1.25. The molecular formula is C11H10Cl2O. The summed E-state index contributed by atoms with van der Waals surface area (Å²) in [6, 6.07) is 0. The highest BCUT2D eigenvalue weighted by molar-refractivity contribution is 6.49. The first-order chi connectivity index (χ1) is 6.64. The number of carbonyl (C=O) groups excluding carboxylic acids is 1. The Kier molecular flexibility index (Phi) is 0.909. The molecule has 5 aliphatic carbocycles. The zero-order valence-corrected chi connectivity index (χ0v) is 9.00. The van der Waals surface area contributed by atoms with E-state index in [4.69, 9.17) is 23.2 Å². The molecule has 0 aliphatic heterocycles. The van der Waals surface area contributed by atoms with E-state index in [1.54, 1.807) is 0 Å². The zero-order chi connectivity index (χ0) is 9.40. The summed E-state index contributed by atoms with van der Waals surface area (Å²) >= 11 is 13.0. The number of Topliss-reactive ketones (excluding diaryl/α,β-unsaturated/α-hetero) is 1. The lowest BCUT2D eigenvalue weighted by molar-refractivity contribution is -0.133. The maximum absolute atomic E-state index is 12.1. The SMILES string of the molecule is O=C1[C@@H]2[C@H]3C4C5C[C@H]3[C@H]1[C@@H]5C(Cl)(Cl)[C@@H]42. The van der Waals surface area contributed by atoms with E-state index in [2.05, 4.69) is 0 Å². The van der Waals surface area contributed by atoms with Crippen LogP contribution in [0.25, 0.3) is 0 Å². The summed E-state index contributed by atoms with van der Waals surface area (Å²) in [6.45, 7) is 0. The van der Waals surface area contributed by atoms with Gasteiger partial charge in [-0.05, 0) is 30.1 Å². The fraction of sp³-hybridized carbons (Fsp3) is 0.909. The fourth-order valence-corrected chi connectivity index (χ4v) is 7.23. The number of ketones is 1. The van der Waals surface area contributed by atoms with Gasteiger partial charge in [-0.1, -0.05) is 0 Å². The van der Waals surface area contributed by atoms with Gasteiger partial charge < -0.3 is 0 Å². The van der Waals surface area contributed by atoms with Crippen molar-refractivity contribution >= 4 is 29.0 Å². The van der Waals surface area contributed by atoms with Crippen molar-refractivity contribution in [3.05, 3.63) is 0 Å². The van der Waals surface area contributed by atoms with Crippen molar-refractivity contribution in [2.75, 3.05) is 0 Å². The molecule has 8 atom stereocenters. The Bertz CT molecular complexity index is 391. The lowest BCUT2D eigenvalue weighted by Gasteiger charge is -2.47. The van der Waals surface area contributed by atoms with E-state index in [9.17, 15) is 4.79 Å². The number of carbonyl (C=O) groups is 1. The van der Waals surface area contributed by atoms with Crippen LogP contribution in [0.3, 0.4) is 0 Å². The maximum atomic E-state index is 12.1. The van der Waals surface area contributed by atoms with Gasteiger partial charge in [0.2, 0.25) is 0 Å². The Morgan fingerprint density at radius 3 is 2.64 bits per heavy atom. The van der Waals surface area contributed by atoms with E-state index in [0.29, 0.717) is 35.4 Å². The molecule has 2 bridgehead atoms. The predicted octanol–water partition coefficient (Wildman–Crippen LogP) is 2.12. The molecule has 0 heterocycles. The molecule has 5 rings (SSSR count). The summed E-state index contributed by atoms with van der Waals surface area (Å²) in [4.78, 5) is 12.1. The van der Waals surface area contributed by atoms with Crippen LogP contribution in [-0.2, 0) is 4.79 Å². The minimum atomic E-state index is -0.541. The molecular weight excluding hydrogens is 219 g/mol. The van der Waals surface area contributed by atoms with E-state index in [1.165, 1.54) is 6.42 Å². The van der Waals surface area contributed by atoms with Gasteiger partial charge in [-0.25, -0.2) is 0 Å². The molecule has 2 unspecified atom stereocenters. The van der Waals surface area contributed by atoms with Crippen molar-refractivity contribution in [2.24, 2.45) is 47.3 Å². The molecule has 74 valence electrons. The van der Waals surface area contributed by atoms with Crippen molar-refractivity contribution in [1.82, 2.24) is 0 Å². The van der Waals surface area contributed by atoms with Crippen LogP contribution in [-0.4, -0.2) is 10.1 Å². The minimum Gasteiger partial charge on any atom is -0.299 e. The molecule has 0 N–H and O–H groups in total. The second kappa shape index (κ2) is 1.69. The smallest absolute Gasteiger partial charge is 0.140 e. The average Bonchev–Trinajstić information content (AvgIpc) is 2.52. The van der Waals surface area contributed by atoms with Crippen LogP contribution in [0.2, 0.25) is 0 Å². The van der Waals surface area contributed by atoms with Crippen molar-refractivity contribution in [3.63, 3.8) is 0 Å². The molecule has 0 spiro atoms. The van der Waals surface area contributed by atoms with E-state index >= 15 is 0 Å². The first-order valence-electron chi connectivity index (χ1n) is 5.55. The molecule has 0 aromatic rings. The number of fused-ring (bicyclic) bond motifs is 2. The number of hydrogen-bond donors (Lipinski definition) is 0. The van der Waals surface area contributed by atoms with E-state index in [0.717, 1.165) is 5.92 Å². The number of hydrogen-bond acceptors (Lipinski definition) is 1. The highest BCUT2D eigenvalue weighted by Crippen LogP contribution is 2.86. The van der Waals surface area contributed by atoms with E-state index < -0.39 is 4.33 Å². The normalized spacial score (nSPS) is 73.4. The largest absolute Gasteiger partial charge is 0.299 e. The van der Waals surface area contributed by atoms with Gasteiger partial charge in [0.1, 0.15) is 10.1 Å². The highest BCUT2D eigenvalue weighted by Gasteiger charge is 2.87. The van der Waals surface area contributed by atoms with Crippen molar-refractivity contribution in [1.29, 1.82) is 0 Å². The lowest BCUT2D eigenvalue weighted by atomic mass is 9.59. The Balaban J connectivity index is 1.87. The minimum absolute atomic E-state index is 0.264. The molecule has 1 nitrogen and oxygen atoms in total. The van der Waals surface area contributed by atoms with Crippen LogP contribution in [0.5, 0.6) is 0 Å². The first-order valence-corrected chi connectivity index (χ1v) is 6.31. The summed E-state index contributed by atoms with van der Waals surface area (Å²) in [7, 11) is 0. The van der Waals surface area contributed by atoms with Crippen LogP contribution in [0.15, 0.2) is 0 Å². The van der Waals surface area contributed by atoms with Gasteiger partial charge in [0.15, 0.2) is 0 Å². The lowest BCUT2D eigenvalue weighted by Crippen LogP contribution is -2.52. The van der Waals surface area contributed by atoms with Crippen molar-refractivity contribution < 1.29 is 4.79 Å². The molecule has 5 aliphatic rings. The van der Waals surface area contributed by atoms with Crippen LogP contribution in [0.4, 0.5) is 0 Å². The quantitative estimate of drug-likeness (QED) is 0.581. The third kappa shape index (κ3) is 0.427. The predicted molar refractivity (Wildman–Crippen MR) is 52.0 cm³/mol.